The molecule has 2 saturated heterocycles. The van der Waals surface area contributed by atoms with E-state index in [-0.39, 0.29) is 48.7 Å². The molecule has 42 heavy (non-hydrogen) atoms. The summed E-state index contributed by atoms with van der Waals surface area (Å²) in [5.41, 5.74) is 4.17. The Labute approximate surface area is 260 Å². The molecule has 0 aromatic heterocycles. The highest BCUT2D eigenvalue weighted by atomic mass is 35.5. The number of nitrogens with one attached hydrogen (secondary N) is 1. The van der Waals surface area contributed by atoms with Crippen molar-refractivity contribution in [2.45, 2.75) is 63.1 Å². The molecule has 5 N–H and O–H groups in total. The van der Waals surface area contributed by atoms with E-state index in [4.69, 9.17) is 9.47 Å². The summed E-state index contributed by atoms with van der Waals surface area (Å²) in [6.07, 6.45) is 8.41. The molecule has 3 fully saturated rings. The van der Waals surface area contributed by atoms with Crippen LogP contribution in [0.2, 0.25) is 0 Å². The predicted octanol–water partition coefficient (Wildman–Crippen LogP) is -1.77. The largest absolute Gasteiger partial charge is 1.00 e. The van der Waals surface area contributed by atoms with Gasteiger partial charge in [0, 0.05) is 29.7 Å². The maximum Gasteiger partial charge on any atom is 0.255 e. The topological polar surface area (TPSA) is 80.8 Å². The van der Waals surface area contributed by atoms with Crippen LogP contribution in [0.1, 0.15) is 66.8 Å². The van der Waals surface area contributed by atoms with E-state index in [1.54, 1.807) is 12.1 Å². The van der Waals surface area contributed by atoms with Gasteiger partial charge in [-0.2, -0.15) is 0 Å². The standard InChI is InChI=1S/C33H38FN3O3.2ClH/c34-25-9-6-23(7-10-25)30-19-26(11-13-32(30)40-28-15-17-36-21-28)37-33(38)24-8-12-31(39-27-14-16-35-20-27)29(18-24)22-4-2-1-3-5-22;;/h6-13,18-19,22,27-28,35-36H,1-5,14-17,20-21H2,(H,37,38);2*1H/t27-,28-;;/m0../s1. The van der Waals surface area contributed by atoms with Crippen molar-refractivity contribution >= 4 is 11.6 Å². The van der Waals surface area contributed by atoms with Gasteiger partial charge in [-0.05, 0) is 78.4 Å². The minimum Gasteiger partial charge on any atom is -1.00 e. The van der Waals surface area contributed by atoms with Crippen LogP contribution in [0.15, 0.2) is 60.7 Å². The zero-order valence-electron chi connectivity index (χ0n) is 23.8. The number of carbonyl (C=O) groups is 1. The van der Waals surface area contributed by atoms with Crippen molar-refractivity contribution in [1.29, 1.82) is 0 Å². The van der Waals surface area contributed by atoms with Crippen molar-refractivity contribution in [2.75, 3.05) is 31.5 Å². The number of halogens is 3. The molecule has 1 saturated carbocycles. The van der Waals surface area contributed by atoms with Gasteiger partial charge >= 0.3 is 0 Å². The van der Waals surface area contributed by atoms with E-state index < -0.39 is 0 Å². The van der Waals surface area contributed by atoms with Crippen LogP contribution in [0.4, 0.5) is 10.1 Å². The lowest BCUT2D eigenvalue weighted by molar-refractivity contribution is -0.638. The highest BCUT2D eigenvalue weighted by Crippen LogP contribution is 2.39. The molecule has 226 valence electrons. The molecular weight excluding hydrogens is 576 g/mol. The van der Waals surface area contributed by atoms with E-state index >= 15 is 0 Å². The van der Waals surface area contributed by atoms with E-state index in [9.17, 15) is 9.18 Å². The Balaban J connectivity index is 0.00000202. The van der Waals surface area contributed by atoms with Crippen molar-refractivity contribution in [3.05, 3.63) is 77.6 Å². The first-order valence-corrected chi connectivity index (χ1v) is 14.9. The smallest absolute Gasteiger partial charge is 0.255 e. The van der Waals surface area contributed by atoms with Gasteiger partial charge in [0.1, 0.15) is 30.4 Å². The van der Waals surface area contributed by atoms with Gasteiger partial charge in [-0.3, -0.25) is 4.79 Å². The Morgan fingerprint density at radius 3 is 2.05 bits per heavy atom. The third kappa shape index (κ3) is 7.75. The molecule has 1 aliphatic carbocycles. The Kier molecular flexibility index (Phi) is 11.5. The number of hydrogen-bond donors (Lipinski definition) is 3. The summed E-state index contributed by atoms with van der Waals surface area (Å²) < 4.78 is 26.5. The van der Waals surface area contributed by atoms with Crippen LogP contribution in [-0.4, -0.2) is 44.3 Å². The first kappa shape index (κ1) is 32.1. The second-order valence-electron chi connectivity index (χ2n) is 11.4. The monoisotopic (exact) mass is 615 g/mol. The molecule has 2 aliphatic heterocycles. The molecule has 3 aliphatic rings. The average molecular weight is 617 g/mol. The predicted molar refractivity (Wildman–Crippen MR) is 153 cm³/mol. The van der Waals surface area contributed by atoms with Crippen LogP contribution in [0.3, 0.4) is 0 Å². The van der Waals surface area contributed by atoms with E-state index in [0.29, 0.717) is 17.2 Å². The number of carbonyl (C=O) groups excluding carboxylic acids is 1. The lowest BCUT2D eigenvalue weighted by Crippen LogP contribution is -3.00. The van der Waals surface area contributed by atoms with Crippen LogP contribution in [0, 0.1) is 5.82 Å². The number of quaternary nitrogens is 2. The SMILES string of the molecule is O=C(Nc1ccc(O[C@H]2CC[NH2+]C2)c(-c2ccc(F)cc2)c1)c1ccc(O[C@H]2CC[NH2+]C2)c(C2CCCCC2)c1.[Cl-].[Cl-]. The van der Waals surface area contributed by atoms with Gasteiger partial charge in [-0.25, -0.2) is 4.39 Å². The fourth-order valence-electron chi connectivity index (χ4n) is 6.32. The number of amides is 1. The van der Waals surface area contributed by atoms with Gasteiger partial charge in [0.15, 0.2) is 12.2 Å². The molecule has 6 nitrogen and oxygen atoms in total. The molecule has 6 rings (SSSR count). The summed E-state index contributed by atoms with van der Waals surface area (Å²) in [5, 5.41) is 7.65. The minimum absolute atomic E-state index is 0. The number of ether oxygens (including phenoxy) is 2. The first-order chi connectivity index (χ1) is 19.6. The van der Waals surface area contributed by atoms with Gasteiger partial charge in [0.05, 0.1) is 13.1 Å². The Hall–Kier alpha value is -2.84. The van der Waals surface area contributed by atoms with Crippen molar-refractivity contribution in [3.8, 4) is 22.6 Å². The molecule has 3 aromatic carbocycles. The van der Waals surface area contributed by atoms with Crippen LogP contribution in [0.5, 0.6) is 11.5 Å². The first-order valence-electron chi connectivity index (χ1n) is 14.9. The molecule has 0 unspecified atom stereocenters. The van der Waals surface area contributed by atoms with Crippen molar-refractivity contribution in [3.63, 3.8) is 0 Å². The fourth-order valence-corrected chi connectivity index (χ4v) is 6.32. The summed E-state index contributed by atoms with van der Waals surface area (Å²) in [5.74, 6) is 1.68. The molecule has 0 radical (unpaired) electrons. The second-order valence-corrected chi connectivity index (χ2v) is 11.4. The maximum absolute atomic E-state index is 13.7. The third-order valence-electron chi connectivity index (χ3n) is 8.54. The van der Waals surface area contributed by atoms with Gasteiger partial charge in [-0.1, -0.05) is 31.4 Å². The number of rotatable bonds is 8. The van der Waals surface area contributed by atoms with Crippen molar-refractivity contribution < 1.29 is 54.1 Å². The number of benzene rings is 3. The van der Waals surface area contributed by atoms with Crippen molar-refractivity contribution in [1.82, 2.24) is 0 Å². The maximum atomic E-state index is 13.7. The molecule has 9 heteroatoms. The van der Waals surface area contributed by atoms with E-state index in [1.807, 2.05) is 36.4 Å². The molecule has 0 bridgehead atoms. The molecule has 0 spiro atoms. The molecule has 1 amide bonds. The van der Waals surface area contributed by atoms with Gasteiger partial charge in [0.25, 0.3) is 5.91 Å². The zero-order valence-corrected chi connectivity index (χ0v) is 25.3. The van der Waals surface area contributed by atoms with Crippen LogP contribution >= 0.6 is 0 Å². The number of nitrogens with two attached hydrogens (primary N) is 2. The van der Waals surface area contributed by atoms with Crippen LogP contribution in [-0.2, 0) is 0 Å². The second kappa shape index (κ2) is 15.1. The third-order valence-corrected chi connectivity index (χ3v) is 8.54. The van der Waals surface area contributed by atoms with Crippen LogP contribution in [0.25, 0.3) is 11.1 Å². The molecule has 3 aromatic rings. The molecule has 2 heterocycles. The van der Waals surface area contributed by atoms with Gasteiger partial charge < -0.3 is 50.2 Å². The summed E-state index contributed by atoms with van der Waals surface area (Å²) in [4.78, 5) is 13.5. The van der Waals surface area contributed by atoms with Gasteiger partial charge in [0.2, 0.25) is 0 Å². The van der Waals surface area contributed by atoms with Gasteiger partial charge in [-0.15, -0.1) is 0 Å². The summed E-state index contributed by atoms with van der Waals surface area (Å²) >= 11 is 0. The normalized spacial score (nSPS) is 20.3. The number of anilines is 1. The van der Waals surface area contributed by atoms with E-state index in [2.05, 4.69) is 16.0 Å². The summed E-state index contributed by atoms with van der Waals surface area (Å²) in [7, 11) is 0. The summed E-state index contributed by atoms with van der Waals surface area (Å²) in [6, 6.07) is 18.1. The zero-order chi connectivity index (χ0) is 27.3. The minimum atomic E-state index is -0.284. The lowest BCUT2D eigenvalue weighted by atomic mass is 9.83. The quantitative estimate of drug-likeness (QED) is 0.281. The van der Waals surface area contributed by atoms with E-state index in [1.165, 1.54) is 37.0 Å². The van der Waals surface area contributed by atoms with E-state index in [0.717, 1.165) is 74.5 Å². The molecule has 2 atom stereocenters. The summed E-state index contributed by atoms with van der Waals surface area (Å²) in [6.45, 7) is 4.06. The number of hydrogen-bond acceptors (Lipinski definition) is 3. The lowest BCUT2D eigenvalue weighted by Gasteiger charge is -2.25. The Morgan fingerprint density at radius 2 is 1.40 bits per heavy atom. The fraction of sp³-hybridized carbons (Fsp3) is 0.424. The highest BCUT2D eigenvalue weighted by Gasteiger charge is 2.26. The van der Waals surface area contributed by atoms with Crippen LogP contribution < -0.4 is 50.2 Å². The highest BCUT2D eigenvalue weighted by molar-refractivity contribution is 6.05. The van der Waals surface area contributed by atoms with Crippen molar-refractivity contribution in [2.24, 2.45) is 0 Å². The molecular formula is C33H40Cl2FN3O3. The Bertz CT molecular complexity index is 1320. The Morgan fingerprint density at radius 1 is 0.762 bits per heavy atom. The average Bonchev–Trinajstić information content (AvgIpc) is 3.70.